The zero-order valence-electron chi connectivity index (χ0n) is 16.9. The van der Waals surface area contributed by atoms with E-state index in [0.717, 1.165) is 42.3 Å². The van der Waals surface area contributed by atoms with Crippen molar-refractivity contribution in [1.82, 2.24) is 14.9 Å². The van der Waals surface area contributed by atoms with Crippen LogP contribution in [0.1, 0.15) is 36.9 Å². The number of rotatable bonds is 5. The molecule has 3 heterocycles. The summed E-state index contributed by atoms with van der Waals surface area (Å²) < 4.78 is 5.99. The maximum atomic E-state index is 11.5. The van der Waals surface area contributed by atoms with Gasteiger partial charge in [0, 0.05) is 43.6 Å². The number of nitrogens with one attached hydrogen (secondary N) is 1. The number of pyridine rings is 1. The number of aromatic nitrogens is 2. The number of anilines is 2. The largest absolute Gasteiger partial charge is 0.455 e. The molecular formula is C22H23ClN4O2S. The van der Waals surface area contributed by atoms with Gasteiger partial charge in [-0.1, -0.05) is 23.7 Å². The van der Waals surface area contributed by atoms with E-state index in [1.807, 2.05) is 36.1 Å². The van der Waals surface area contributed by atoms with E-state index in [1.165, 1.54) is 0 Å². The van der Waals surface area contributed by atoms with E-state index in [2.05, 4.69) is 15.7 Å². The molecule has 0 bridgehead atoms. The highest BCUT2D eigenvalue weighted by atomic mass is 35.5. The molecule has 1 N–H and O–H groups in total. The zero-order chi connectivity index (χ0) is 21.1. The standard InChI is InChI=1S/C22H23ClN4O2S/c1-14-4-3-5-18(23)21(14)29-17-6-9-24-20(12-17)26-22-25-19(13-30-22)16-7-10-27(11-8-16)15(2)28/h3-6,9,12-13,16H,7-8,10-11H2,1-2H3,(H,24,25,26). The Balaban J connectivity index is 1.42. The summed E-state index contributed by atoms with van der Waals surface area (Å²) >= 11 is 7.82. The molecule has 1 amide bonds. The molecule has 1 saturated heterocycles. The summed E-state index contributed by atoms with van der Waals surface area (Å²) in [6.45, 7) is 5.17. The van der Waals surface area contributed by atoms with E-state index in [4.69, 9.17) is 21.3 Å². The van der Waals surface area contributed by atoms with E-state index < -0.39 is 0 Å². The summed E-state index contributed by atoms with van der Waals surface area (Å²) in [6.07, 6.45) is 3.58. The van der Waals surface area contributed by atoms with Crippen molar-refractivity contribution in [3.63, 3.8) is 0 Å². The van der Waals surface area contributed by atoms with Gasteiger partial charge in [-0.3, -0.25) is 4.79 Å². The van der Waals surface area contributed by atoms with Crippen LogP contribution in [0.15, 0.2) is 41.9 Å². The molecule has 0 radical (unpaired) electrons. The lowest BCUT2D eigenvalue weighted by Gasteiger charge is -2.30. The van der Waals surface area contributed by atoms with Gasteiger partial charge in [0.25, 0.3) is 0 Å². The Morgan fingerprint density at radius 3 is 2.83 bits per heavy atom. The molecule has 30 heavy (non-hydrogen) atoms. The number of likely N-dealkylation sites (tertiary alicyclic amines) is 1. The first-order valence-electron chi connectivity index (χ1n) is 9.86. The van der Waals surface area contributed by atoms with Crippen LogP contribution in [0.4, 0.5) is 10.9 Å². The van der Waals surface area contributed by atoms with E-state index >= 15 is 0 Å². The van der Waals surface area contributed by atoms with Crippen molar-refractivity contribution in [3.8, 4) is 11.5 Å². The smallest absolute Gasteiger partial charge is 0.219 e. The molecule has 0 unspecified atom stereocenters. The van der Waals surface area contributed by atoms with Crippen molar-refractivity contribution < 1.29 is 9.53 Å². The predicted octanol–water partition coefficient (Wildman–Crippen LogP) is 5.76. The number of ether oxygens (including phenoxy) is 1. The van der Waals surface area contributed by atoms with Gasteiger partial charge in [-0.25, -0.2) is 9.97 Å². The number of amides is 1. The molecule has 2 aromatic heterocycles. The Hall–Kier alpha value is -2.64. The van der Waals surface area contributed by atoms with Crippen molar-refractivity contribution in [2.45, 2.75) is 32.6 Å². The minimum Gasteiger partial charge on any atom is -0.455 e. The van der Waals surface area contributed by atoms with Crippen LogP contribution in [0.3, 0.4) is 0 Å². The predicted molar refractivity (Wildman–Crippen MR) is 120 cm³/mol. The fraction of sp³-hybridized carbons (Fsp3) is 0.318. The highest BCUT2D eigenvalue weighted by Gasteiger charge is 2.23. The van der Waals surface area contributed by atoms with E-state index in [-0.39, 0.29) is 5.91 Å². The molecule has 3 aromatic rings. The summed E-state index contributed by atoms with van der Waals surface area (Å²) in [4.78, 5) is 22.5. The van der Waals surface area contributed by atoms with Crippen LogP contribution in [0, 0.1) is 6.92 Å². The number of thiazole rings is 1. The normalized spacial score (nSPS) is 14.6. The Bertz CT molecular complexity index is 1030. The summed E-state index contributed by atoms with van der Waals surface area (Å²) in [6, 6.07) is 9.29. The number of hydrogen-bond acceptors (Lipinski definition) is 6. The van der Waals surface area contributed by atoms with Gasteiger partial charge in [0.1, 0.15) is 17.3 Å². The van der Waals surface area contributed by atoms with Gasteiger partial charge in [0.15, 0.2) is 5.13 Å². The van der Waals surface area contributed by atoms with Crippen molar-refractivity contribution in [3.05, 3.63) is 58.2 Å². The second kappa shape index (κ2) is 9.02. The van der Waals surface area contributed by atoms with Crippen molar-refractivity contribution in [2.24, 2.45) is 0 Å². The third-order valence-electron chi connectivity index (χ3n) is 5.23. The Kier molecular flexibility index (Phi) is 6.20. The number of carbonyl (C=O) groups excluding carboxylic acids is 1. The van der Waals surface area contributed by atoms with Crippen LogP contribution >= 0.6 is 22.9 Å². The average Bonchev–Trinajstić information content (AvgIpc) is 3.20. The average molecular weight is 443 g/mol. The number of halogens is 1. The molecule has 8 heteroatoms. The number of carbonyl (C=O) groups is 1. The molecule has 6 nitrogen and oxygen atoms in total. The third kappa shape index (κ3) is 4.74. The van der Waals surface area contributed by atoms with Crippen LogP contribution in [0.2, 0.25) is 5.02 Å². The van der Waals surface area contributed by atoms with Crippen LogP contribution < -0.4 is 10.1 Å². The monoisotopic (exact) mass is 442 g/mol. The number of hydrogen-bond donors (Lipinski definition) is 1. The topological polar surface area (TPSA) is 67.4 Å². The van der Waals surface area contributed by atoms with Gasteiger partial charge in [0.05, 0.1) is 10.7 Å². The molecular weight excluding hydrogens is 420 g/mol. The summed E-state index contributed by atoms with van der Waals surface area (Å²) in [5.74, 6) is 2.49. The van der Waals surface area contributed by atoms with Gasteiger partial charge in [0.2, 0.25) is 5.91 Å². The minimum absolute atomic E-state index is 0.147. The SMILES string of the molecule is CC(=O)N1CCC(c2csc(Nc3cc(Oc4c(C)cccc4Cl)ccn3)n2)CC1. The maximum absolute atomic E-state index is 11.5. The van der Waals surface area contributed by atoms with Crippen LogP contribution in [0.25, 0.3) is 0 Å². The number of aryl methyl sites for hydroxylation is 1. The Morgan fingerprint density at radius 2 is 2.10 bits per heavy atom. The fourth-order valence-corrected chi connectivity index (χ4v) is 4.60. The van der Waals surface area contributed by atoms with Gasteiger partial charge in [-0.05, 0) is 37.5 Å². The molecule has 1 aliphatic rings. The molecule has 1 fully saturated rings. The highest BCUT2D eigenvalue weighted by molar-refractivity contribution is 7.13. The maximum Gasteiger partial charge on any atom is 0.219 e. The first-order valence-corrected chi connectivity index (χ1v) is 11.1. The number of benzene rings is 1. The molecule has 4 rings (SSSR count). The Labute approximate surface area is 184 Å². The summed E-state index contributed by atoms with van der Waals surface area (Å²) in [5.41, 5.74) is 2.04. The van der Waals surface area contributed by atoms with Crippen molar-refractivity contribution >= 4 is 39.8 Å². The minimum atomic E-state index is 0.147. The third-order valence-corrected chi connectivity index (χ3v) is 6.30. The van der Waals surface area contributed by atoms with E-state index in [9.17, 15) is 4.79 Å². The molecule has 1 aromatic carbocycles. The van der Waals surface area contributed by atoms with Gasteiger partial charge in [-0.2, -0.15) is 0 Å². The lowest BCUT2D eigenvalue weighted by Crippen LogP contribution is -2.36. The van der Waals surface area contributed by atoms with Crippen molar-refractivity contribution in [2.75, 3.05) is 18.4 Å². The molecule has 156 valence electrons. The number of nitrogens with zero attached hydrogens (tertiary/aromatic N) is 3. The first kappa shape index (κ1) is 20.6. The van der Waals surface area contributed by atoms with Crippen LogP contribution in [-0.2, 0) is 4.79 Å². The quantitative estimate of drug-likeness (QED) is 0.543. The number of para-hydroxylation sites is 1. The summed E-state index contributed by atoms with van der Waals surface area (Å²) in [7, 11) is 0. The van der Waals surface area contributed by atoms with Crippen LogP contribution in [-0.4, -0.2) is 33.9 Å². The zero-order valence-corrected chi connectivity index (χ0v) is 18.5. The summed E-state index contributed by atoms with van der Waals surface area (Å²) in [5, 5.41) is 6.71. The van der Waals surface area contributed by atoms with Crippen LogP contribution in [0.5, 0.6) is 11.5 Å². The van der Waals surface area contributed by atoms with Gasteiger partial charge in [-0.15, -0.1) is 11.3 Å². The van der Waals surface area contributed by atoms with E-state index in [1.54, 1.807) is 30.5 Å². The molecule has 0 spiro atoms. The van der Waals surface area contributed by atoms with Gasteiger partial charge >= 0.3 is 0 Å². The lowest BCUT2D eigenvalue weighted by molar-refractivity contribution is -0.129. The fourth-order valence-electron chi connectivity index (χ4n) is 3.54. The number of piperidine rings is 1. The highest BCUT2D eigenvalue weighted by Crippen LogP contribution is 2.34. The van der Waals surface area contributed by atoms with Gasteiger partial charge < -0.3 is 15.0 Å². The molecule has 0 aliphatic carbocycles. The molecule has 1 aliphatic heterocycles. The lowest BCUT2D eigenvalue weighted by atomic mass is 9.94. The molecule has 0 atom stereocenters. The van der Waals surface area contributed by atoms with Crippen molar-refractivity contribution in [1.29, 1.82) is 0 Å². The second-order valence-electron chi connectivity index (χ2n) is 7.35. The Morgan fingerprint density at radius 1 is 1.30 bits per heavy atom. The second-order valence-corrected chi connectivity index (χ2v) is 8.61. The molecule has 0 saturated carbocycles. The van der Waals surface area contributed by atoms with E-state index in [0.29, 0.717) is 28.3 Å². The first-order chi connectivity index (χ1) is 14.5.